The lowest BCUT2D eigenvalue weighted by atomic mass is 9.73. The van der Waals surface area contributed by atoms with Crippen molar-refractivity contribution in [2.45, 2.75) is 45.1 Å². The molecule has 0 heterocycles. The molecular formula is C14H30N2O. The maximum atomic E-state index is 5.35. The van der Waals surface area contributed by atoms with E-state index in [4.69, 9.17) is 4.74 Å². The molecule has 1 aliphatic carbocycles. The summed E-state index contributed by atoms with van der Waals surface area (Å²) in [7, 11) is 6.10. The van der Waals surface area contributed by atoms with Crippen LogP contribution in [0.15, 0.2) is 0 Å². The largest absolute Gasteiger partial charge is 0.380 e. The summed E-state index contributed by atoms with van der Waals surface area (Å²) in [4.78, 5) is 2.44. The van der Waals surface area contributed by atoms with Gasteiger partial charge in [-0.25, -0.2) is 0 Å². The quantitative estimate of drug-likeness (QED) is 0.740. The third-order valence-corrected chi connectivity index (χ3v) is 4.04. The van der Waals surface area contributed by atoms with E-state index >= 15 is 0 Å². The predicted molar refractivity (Wildman–Crippen MR) is 73.4 cm³/mol. The summed E-state index contributed by atoms with van der Waals surface area (Å²) in [6.45, 7) is 5.52. The molecule has 1 atom stereocenters. The zero-order valence-corrected chi connectivity index (χ0v) is 12.1. The topological polar surface area (TPSA) is 24.5 Å². The number of hydrogen-bond acceptors (Lipinski definition) is 3. The van der Waals surface area contributed by atoms with Crippen LogP contribution in [0.3, 0.4) is 0 Å². The summed E-state index contributed by atoms with van der Waals surface area (Å²) in [5, 5.41) is 3.39. The Bertz CT molecular complexity index is 197. The highest BCUT2D eigenvalue weighted by atomic mass is 16.5. The number of methoxy groups -OCH3 is 1. The molecular weight excluding hydrogens is 212 g/mol. The van der Waals surface area contributed by atoms with Gasteiger partial charge in [0, 0.05) is 26.7 Å². The average Bonchev–Trinajstić information content (AvgIpc) is 2.29. The summed E-state index contributed by atoms with van der Waals surface area (Å²) < 4.78 is 5.35. The Morgan fingerprint density at radius 1 is 1.29 bits per heavy atom. The van der Waals surface area contributed by atoms with Crippen molar-refractivity contribution in [2.24, 2.45) is 5.41 Å². The maximum absolute atomic E-state index is 5.35. The third kappa shape index (κ3) is 4.94. The van der Waals surface area contributed by atoms with Crippen LogP contribution in [0.4, 0.5) is 0 Å². The van der Waals surface area contributed by atoms with Gasteiger partial charge in [-0.2, -0.15) is 0 Å². The van der Waals surface area contributed by atoms with Crippen LogP contribution in [0.1, 0.15) is 39.0 Å². The second-order valence-electron chi connectivity index (χ2n) is 5.83. The van der Waals surface area contributed by atoms with Crippen molar-refractivity contribution >= 4 is 0 Å². The molecule has 102 valence electrons. The molecule has 1 saturated carbocycles. The highest BCUT2D eigenvalue weighted by Gasteiger charge is 2.32. The molecule has 0 aliphatic heterocycles. The first-order valence-corrected chi connectivity index (χ1v) is 6.98. The third-order valence-electron chi connectivity index (χ3n) is 4.04. The molecule has 0 amide bonds. The normalized spacial score (nSPS) is 21.7. The molecule has 3 heteroatoms. The molecule has 0 saturated heterocycles. The Labute approximate surface area is 107 Å². The van der Waals surface area contributed by atoms with Gasteiger partial charge in [0.05, 0.1) is 6.10 Å². The highest BCUT2D eigenvalue weighted by molar-refractivity contribution is 4.87. The molecule has 0 aromatic rings. The fourth-order valence-corrected chi connectivity index (χ4v) is 3.22. The summed E-state index contributed by atoms with van der Waals surface area (Å²) in [5.74, 6) is 0. The first kappa shape index (κ1) is 14.9. The van der Waals surface area contributed by atoms with Crippen LogP contribution in [-0.4, -0.2) is 51.8 Å². The number of nitrogens with zero attached hydrogens (tertiary/aromatic N) is 1. The predicted octanol–water partition coefficient (Wildman–Crippen LogP) is 2.12. The van der Waals surface area contributed by atoms with E-state index in [0.29, 0.717) is 11.5 Å². The molecule has 1 fully saturated rings. The van der Waals surface area contributed by atoms with Crippen molar-refractivity contribution in [3.63, 3.8) is 0 Å². The molecule has 1 aliphatic rings. The van der Waals surface area contributed by atoms with Crippen LogP contribution >= 0.6 is 0 Å². The van der Waals surface area contributed by atoms with Crippen LogP contribution in [0, 0.1) is 5.41 Å². The van der Waals surface area contributed by atoms with Crippen molar-refractivity contribution in [1.82, 2.24) is 10.2 Å². The van der Waals surface area contributed by atoms with E-state index in [-0.39, 0.29) is 0 Å². The second kappa shape index (κ2) is 7.34. The molecule has 0 bridgehead atoms. The van der Waals surface area contributed by atoms with E-state index < -0.39 is 0 Å². The van der Waals surface area contributed by atoms with Gasteiger partial charge in [0.1, 0.15) is 0 Å². The lowest BCUT2D eigenvalue weighted by molar-refractivity contribution is 0.0566. The Kier molecular flexibility index (Phi) is 6.45. The minimum Gasteiger partial charge on any atom is -0.380 e. The maximum Gasteiger partial charge on any atom is 0.0669 e. The SMILES string of the molecule is CNCC1(CN(C)CC(C)OC)CCCCC1. The fourth-order valence-electron chi connectivity index (χ4n) is 3.22. The number of ether oxygens (including phenoxy) is 1. The molecule has 0 spiro atoms. The van der Waals surface area contributed by atoms with Crippen LogP contribution in [0.2, 0.25) is 0 Å². The van der Waals surface area contributed by atoms with E-state index in [2.05, 4.69) is 31.2 Å². The van der Waals surface area contributed by atoms with Crippen LogP contribution < -0.4 is 5.32 Å². The summed E-state index contributed by atoms with van der Waals surface area (Å²) >= 11 is 0. The van der Waals surface area contributed by atoms with E-state index in [9.17, 15) is 0 Å². The summed E-state index contributed by atoms with van der Waals surface area (Å²) in [6.07, 6.45) is 7.29. The summed E-state index contributed by atoms with van der Waals surface area (Å²) in [5.41, 5.74) is 0.495. The Morgan fingerprint density at radius 3 is 2.47 bits per heavy atom. The zero-order chi connectivity index (χ0) is 12.7. The molecule has 1 unspecified atom stereocenters. The van der Waals surface area contributed by atoms with Gasteiger partial charge >= 0.3 is 0 Å². The lowest BCUT2D eigenvalue weighted by Crippen LogP contribution is -2.45. The van der Waals surface area contributed by atoms with Gasteiger partial charge in [0.2, 0.25) is 0 Å². The smallest absolute Gasteiger partial charge is 0.0669 e. The zero-order valence-electron chi connectivity index (χ0n) is 12.1. The van der Waals surface area contributed by atoms with Gasteiger partial charge in [0.25, 0.3) is 0 Å². The molecule has 0 aromatic carbocycles. The van der Waals surface area contributed by atoms with Crippen LogP contribution in [0.25, 0.3) is 0 Å². The van der Waals surface area contributed by atoms with Crippen molar-refractivity contribution in [3.05, 3.63) is 0 Å². The number of hydrogen-bond donors (Lipinski definition) is 1. The van der Waals surface area contributed by atoms with E-state index in [0.717, 1.165) is 13.1 Å². The van der Waals surface area contributed by atoms with Gasteiger partial charge in [-0.1, -0.05) is 19.3 Å². The highest BCUT2D eigenvalue weighted by Crippen LogP contribution is 2.36. The van der Waals surface area contributed by atoms with Crippen LogP contribution in [-0.2, 0) is 4.74 Å². The average molecular weight is 242 g/mol. The van der Waals surface area contributed by atoms with Crippen molar-refractivity contribution in [3.8, 4) is 0 Å². The molecule has 17 heavy (non-hydrogen) atoms. The second-order valence-corrected chi connectivity index (χ2v) is 5.83. The van der Waals surface area contributed by atoms with E-state index in [1.165, 1.54) is 38.6 Å². The van der Waals surface area contributed by atoms with E-state index in [1.807, 2.05) is 0 Å². The monoisotopic (exact) mass is 242 g/mol. The summed E-state index contributed by atoms with van der Waals surface area (Å²) in [6, 6.07) is 0. The van der Waals surface area contributed by atoms with Crippen molar-refractivity contribution in [2.75, 3.05) is 40.8 Å². The molecule has 0 radical (unpaired) electrons. The van der Waals surface area contributed by atoms with Crippen molar-refractivity contribution in [1.29, 1.82) is 0 Å². The first-order chi connectivity index (χ1) is 8.12. The lowest BCUT2D eigenvalue weighted by Gasteiger charge is -2.40. The Hall–Kier alpha value is -0.120. The van der Waals surface area contributed by atoms with Crippen molar-refractivity contribution < 1.29 is 4.74 Å². The standard InChI is InChI=1S/C14H30N2O/c1-13(17-4)10-16(3)12-14(11-15-2)8-6-5-7-9-14/h13,15H,5-12H2,1-4H3. The molecule has 1 rings (SSSR count). The number of rotatable bonds is 7. The fraction of sp³-hybridized carbons (Fsp3) is 1.00. The van der Waals surface area contributed by atoms with Gasteiger partial charge in [-0.3, -0.25) is 0 Å². The molecule has 1 N–H and O–H groups in total. The van der Waals surface area contributed by atoms with Gasteiger partial charge in [-0.05, 0) is 39.3 Å². The van der Waals surface area contributed by atoms with Crippen LogP contribution in [0.5, 0.6) is 0 Å². The minimum atomic E-state index is 0.329. The van der Waals surface area contributed by atoms with Gasteiger partial charge in [0.15, 0.2) is 0 Å². The van der Waals surface area contributed by atoms with Gasteiger partial charge < -0.3 is 15.0 Å². The van der Waals surface area contributed by atoms with Gasteiger partial charge in [-0.15, -0.1) is 0 Å². The minimum absolute atomic E-state index is 0.329. The Balaban J connectivity index is 2.47. The molecule has 0 aromatic heterocycles. The number of nitrogens with one attached hydrogen (secondary N) is 1. The number of likely N-dealkylation sites (N-methyl/N-ethyl adjacent to an activating group) is 1. The first-order valence-electron chi connectivity index (χ1n) is 6.98. The Morgan fingerprint density at radius 2 is 1.94 bits per heavy atom. The molecule has 3 nitrogen and oxygen atoms in total. The van der Waals surface area contributed by atoms with E-state index in [1.54, 1.807) is 7.11 Å².